The van der Waals surface area contributed by atoms with Crippen LogP contribution in [-0.4, -0.2) is 26.3 Å². The summed E-state index contributed by atoms with van der Waals surface area (Å²) in [6.45, 7) is 0.0149. The van der Waals surface area contributed by atoms with Crippen LogP contribution in [0.5, 0.6) is 0 Å². The number of pyridine rings is 1. The number of nitrogens with zero attached hydrogens (tertiary/aromatic N) is 3. The average Bonchev–Trinajstić information content (AvgIpc) is 3.43. The molecule has 0 saturated carbocycles. The van der Waals surface area contributed by atoms with Gasteiger partial charge in [-0.3, -0.25) is 19.9 Å². The number of benzene rings is 1. The van der Waals surface area contributed by atoms with E-state index in [0.717, 1.165) is 11.3 Å². The molecule has 1 aromatic carbocycles. The smallest absolute Gasteiger partial charge is 0.274 e. The van der Waals surface area contributed by atoms with Crippen LogP contribution in [0.1, 0.15) is 21.7 Å². The number of hydrogen-bond donors (Lipinski definition) is 2. The number of anilines is 2. The first kappa shape index (κ1) is 20.2. The van der Waals surface area contributed by atoms with E-state index in [1.165, 1.54) is 11.3 Å². The Bertz CT molecular complexity index is 1200. The predicted molar refractivity (Wildman–Crippen MR) is 123 cm³/mol. The van der Waals surface area contributed by atoms with Gasteiger partial charge in [-0.25, -0.2) is 4.98 Å². The highest BCUT2D eigenvalue weighted by Gasteiger charge is 2.15. The standard InChI is InChI=1S/C23H19N5O2S/c29-21(25-18-10-12-24-13-11-18)15-28-14-4-7-20(28)22(30)27-23-26-19(16-31-23)9-8-17-5-2-1-3-6-17/h1-14,16H,15H2,(H,24,25,29)(H,26,27,30)/b9-8+. The molecule has 0 bridgehead atoms. The zero-order chi connectivity index (χ0) is 21.5. The third kappa shape index (κ3) is 5.52. The number of amides is 2. The molecule has 0 atom stereocenters. The van der Waals surface area contributed by atoms with Gasteiger partial charge >= 0.3 is 0 Å². The molecule has 3 heterocycles. The molecule has 3 aromatic heterocycles. The van der Waals surface area contributed by atoms with Gasteiger partial charge in [0, 0.05) is 29.7 Å². The molecule has 31 heavy (non-hydrogen) atoms. The van der Waals surface area contributed by atoms with Crippen molar-refractivity contribution in [3.8, 4) is 0 Å². The van der Waals surface area contributed by atoms with Gasteiger partial charge in [0.25, 0.3) is 5.91 Å². The molecule has 0 spiro atoms. The molecule has 4 aromatic rings. The molecular formula is C23H19N5O2S. The van der Waals surface area contributed by atoms with Gasteiger partial charge in [0.2, 0.25) is 5.91 Å². The van der Waals surface area contributed by atoms with E-state index in [2.05, 4.69) is 20.6 Å². The number of carbonyl (C=O) groups excluding carboxylic acids is 2. The highest BCUT2D eigenvalue weighted by atomic mass is 32.1. The molecule has 0 saturated heterocycles. The second-order valence-corrected chi connectivity index (χ2v) is 7.44. The van der Waals surface area contributed by atoms with Crippen LogP contribution in [0.25, 0.3) is 12.2 Å². The number of thiazole rings is 1. The first-order chi connectivity index (χ1) is 15.2. The zero-order valence-electron chi connectivity index (χ0n) is 16.4. The van der Waals surface area contributed by atoms with E-state index in [9.17, 15) is 9.59 Å². The Kier molecular flexibility index (Phi) is 6.29. The Morgan fingerprint density at radius 3 is 2.58 bits per heavy atom. The van der Waals surface area contributed by atoms with Crippen LogP contribution >= 0.6 is 11.3 Å². The second-order valence-electron chi connectivity index (χ2n) is 6.58. The van der Waals surface area contributed by atoms with Gasteiger partial charge in [0.1, 0.15) is 12.2 Å². The highest BCUT2D eigenvalue weighted by Crippen LogP contribution is 2.19. The van der Waals surface area contributed by atoms with E-state index in [-0.39, 0.29) is 18.4 Å². The Morgan fingerprint density at radius 2 is 1.77 bits per heavy atom. The minimum atomic E-state index is -0.324. The molecule has 0 aliphatic heterocycles. The fourth-order valence-corrected chi connectivity index (χ4v) is 3.55. The van der Waals surface area contributed by atoms with Gasteiger partial charge in [-0.2, -0.15) is 0 Å². The van der Waals surface area contributed by atoms with Crippen LogP contribution in [0.15, 0.2) is 78.6 Å². The van der Waals surface area contributed by atoms with Crippen LogP contribution in [0, 0.1) is 0 Å². The quantitative estimate of drug-likeness (QED) is 0.456. The van der Waals surface area contributed by atoms with Crippen molar-refractivity contribution in [1.82, 2.24) is 14.5 Å². The number of carbonyl (C=O) groups is 2. The maximum atomic E-state index is 12.7. The molecule has 7 nitrogen and oxygen atoms in total. The van der Waals surface area contributed by atoms with Crippen LogP contribution < -0.4 is 10.6 Å². The Morgan fingerprint density at radius 1 is 0.968 bits per heavy atom. The van der Waals surface area contributed by atoms with Crippen molar-refractivity contribution in [2.24, 2.45) is 0 Å². The molecule has 0 aliphatic carbocycles. The topological polar surface area (TPSA) is 88.9 Å². The monoisotopic (exact) mass is 429 g/mol. The molecule has 0 radical (unpaired) electrons. The van der Waals surface area contributed by atoms with Crippen molar-refractivity contribution >= 4 is 46.1 Å². The van der Waals surface area contributed by atoms with Crippen LogP contribution in [-0.2, 0) is 11.3 Å². The molecule has 154 valence electrons. The van der Waals surface area contributed by atoms with Crippen LogP contribution in [0.3, 0.4) is 0 Å². The van der Waals surface area contributed by atoms with Crippen molar-refractivity contribution in [1.29, 1.82) is 0 Å². The summed E-state index contributed by atoms with van der Waals surface area (Å²) in [5.74, 6) is -0.561. The van der Waals surface area contributed by atoms with Crippen molar-refractivity contribution in [2.75, 3.05) is 10.6 Å². The zero-order valence-corrected chi connectivity index (χ0v) is 17.3. The summed E-state index contributed by atoms with van der Waals surface area (Å²) in [7, 11) is 0. The number of rotatable bonds is 7. The maximum Gasteiger partial charge on any atom is 0.274 e. The summed E-state index contributed by atoms with van der Waals surface area (Å²) >= 11 is 1.34. The third-order valence-corrected chi connectivity index (χ3v) is 5.10. The largest absolute Gasteiger partial charge is 0.334 e. The van der Waals surface area contributed by atoms with E-state index in [1.54, 1.807) is 47.4 Å². The molecule has 4 rings (SSSR count). The predicted octanol–water partition coefficient (Wildman–Crippen LogP) is 4.40. The molecule has 0 unspecified atom stereocenters. The Labute approximate surface area is 183 Å². The molecule has 2 amide bonds. The minimum Gasteiger partial charge on any atom is -0.334 e. The van der Waals surface area contributed by atoms with E-state index in [4.69, 9.17) is 0 Å². The lowest BCUT2D eigenvalue weighted by atomic mass is 10.2. The van der Waals surface area contributed by atoms with E-state index in [1.807, 2.05) is 47.9 Å². The Balaban J connectivity index is 1.37. The summed E-state index contributed by atoms with van der Waals surface area (Å²) in [6, 6.07) is 16.7. The van der Waals surface area contributed by atoms with Crippen molar-refractivity contribution in [3.05, 3.63) is 95.5 Å². The summed E-state index contributed by atoms with van der Waals surface area (Å²) < 4.78 is 1.59. The molecule has 2 N–H and O–H groups in total. The van der Waals surface area contributed by atoms with Gasteiger partial charge in [-0.15, -0.1) is 11.3 Å². The van der Waals surface area contributed by atoms with Crippen LogP contribution in [0.2, 0.25) is 0 Å². The fraction of sp³-hybridized carbons (Fsp3) is 0.0435. The third-order valence-electron chi connectivity index (χ3n) is 4.33. The summed E-state index contributed by atoms with van der Waals surface area (Å²) in [5, 5.41) is 7.94. The lowest BCUT2D eigenvalue weighted by Gasteiger charge is -2.09. The minimum absolute atomic E-state index is 0.0149. The number of nitrogens with one attached hydrogen (secondary N) is 2. The highest BCUT2D eigenvalue weighted by molar-refractivity contribution is 7.14. The summed E-state index contributed by atoms with van der Waals surface area (Å²) in [5.41, 5.74) is 2.86. The van der Waals surface area contributed by atoms with Gasteiger partial charge in [-0.05, 0) is 35.9 Å². The fourth-order valence-electron chi connectivity index (χ4n) is 2.88. The van der Waals surface area contributed by atoms with Gasteiger partial charge in [-0.1, -0.05) is 36.4 Å². The lowest BCUT2D eigenvalue weighted by Crippen LogP contribution is -2.23. The Hall–Kier alpha value is -4.04. The van der Waals surface area contributed by atoms with Crippen molar-refractivity contribution in [3.63, 3.8) is 0 Å². The SMILES string of the molecule is O=C(Cn1cccc1C(=O)Nc1nc(/C=C/c2ccccc2)cs1)Nc1ccncc1. The summed E-state index contributed by atoms with van der Waals surface area (Å²) in [4.78, 5) is 33.3. The first-order valence-corrected chi connectivity index (χ1v) is 10.4. The second kappa shape index (κ2) is 9.64. The summed E-state index contributed by atoms with van der Waals surface area (Å²) in [6.07, 6.45) is 8.75. The van der Waals surface area contributed by atoms with Crippen LogP contribution in [0.4, 0.5) is 10.8 Å². The molecule has 0 fully saturated rings. The average molecular weight is 430 g/mol. The normalized spacial score (nSPS) is 10.8. The number of aromatic nitrogens is 3. The van der Waals surface area contributed by atoms with E-state index >= 15 is 0 Å². The van der Waals surface area contributed by atoms with E-state index in [0.29, 0.717) is 16.5 Å². The first-order valence-electron chi connectivity index (χ1n) is 9.52. The van der Waals surface area contributed by atoms with Crippen molar-refractivity contribution in [2.45, 2.75) is 6.54 Å². The van der Waals surface area contributed by atoms with E-state index < -0.39 is 0 Å². The van der Waals surface area contributed by atoms with Crippen molar-refractivity contribution < 1.29 is 9.59 Å². The maximum absolute atomic E-state index is 12.7. The molecule has 0 aliphatic rings. The molecule has 8 heteroatoms. The lowest BCUT2D eigenvalue weighted by molar-refractivity contribution is -0.116. The molecular weight excluding hydrogens is 410 g/mol. The van der Waals surface area contributed by atoms with Gasteiger partial charge in [0.15, 0.2) is 5.13 Å². The van der Waals surface area contributed by atoms with Gasteiger partial charge < -0.3 is 9.88 Å². The van der Waals surface area contributed by atoms with Gasteiger partial charge in [0.05, 0.1) is 5.69 Å². The number of hydrogen-bond acceptors (Lipinski definition) is 5.